The van der Waals surface area contributed by atoms with Crippen molar-refractivity contribution in [2.24, 2.45) is 5.92 Å². The number of rotatable bonds is 9. The highest BCUT2D eigenvalue weighted by Gasteiger charge is 2.48. The van der Waals surface area contributed by atoms with Gasteiger partial charge in [0.05, 0.1) is 31.3 Å². The summed E-state index contributed by atoms with van der Waals surface area (Å²) in [6.07, 6.45) is -5.27. The fourth-order valence-corrected chi connectivity index (χ4v) is 6.29. The minimum atomic E-state index is -1.56. The number of carbonyl (C=O) groups excluding carboxylic acids is 2. The molecule has 1 amide bonds. The third kappa shape index (κ3) is 8.09. The van der Waals surface area contributed by atoms with E-state index in [0.29, 0.717) is 24.2 Å². The van der Waals surface area contributed by atoms with Crippen molar-refractivity contribution >= 4 is 25.6 Å². The van der Waals surface area contributed by atoms with Crippen molar-refractivity contribution in [3.8, 4) is 17.2 Å². The van der Waals surface area contributed by atoms with E-state index >= 15 is 0 Å². The molecule has 3 aromatic carbocycles. The molecule has 3 aromatic rings. The van der Waals surface area contributed by atoms with Gasteiger partial charge in [0.1, 0.15) is 25.7 Å². The van der Waals surface area contributed by atoms with Crippen LogP contribution in [0.3, 0.4) is 0 Å². The minimum absolute atomic E-state index is 0.0575. The van der Waals surface area contributed by atoms with Crippen LogP contribution in [0.2, 0.25) is 19.6 Å². The average Bonchev–Trinajstić information content (AvgIpc) is 3.04. The van der Waals surface area contributed by atoms with Gasteiger partial charge < -0.3 is 34.4 Å². The molecule has 2 aliphatic rings. The highest BCUT2D eigenvalue weighted by molar-refractivity contribution is 6.83. The van der Waals surface area contributed by atoms with Crippen LogP contribution in [0.15, 0.2) is 72.8 Å². The minimum Gasteiger partial charge on any atom is -0.467 e. The van der Waals surface area contributed by atoms with Crippen LogP contribution in [0.1, 0.15) is 48.1 Å². The highest BCUT2D eigenvalue weighted by atomic mass is 28.3. The van der Waals surface area contributed by atoms with Crippen LogP contribution in [-0.2, 0) is 19.1 Å². The zero-order valence-corrected chi connectivity index (χ0v) is 27.8. The molecule has 9 nitrogen and oxygen atoms in total. The molecule has 2 heterocycles. The number of carbonyl (C=O) groups is 2. The van der Waals surface area contributed by atoms with Crippen molar-refractivity contribution < 1.29 is 43.5 Å². The molecule has 0 aromatic heterocycles. The lowest BCUT2D eigenvalue weighted by Gasteiger charge is -2.48. The number of aliphatic hydroxyl groups is 3. The van der Waals surface area contributed by atoms with Crippen LogP contribution in [-0.4, -0.2) is 67.0 Å². The molecule has 248 valence electrons. The standard InChI is InChI=1S/C36H40FNO8Si/c1-44-36(43)34-33(41)30(40)21-31(46-34)45-27-15-9-24(10-16-27)32-28(17-18-29(39)23-7-11-25(37)12-8-23)35(42)38(32)26-13-5-22(6-14-26)19-20-47(2,3)4/h5-16,28-34,39-41H,17-18,21H2,1-4H3/t28?,29-,30+,31+,32+,33?,34-/m0/s1. The Morgan fingerprint density at radius 1 is 1.04 bits per heavy atom. The molecule has 0 saturated carbocycles. The number of halogens is 1. The topological polar surface area (TPSA) is 126 Å². The molecule has 2 unspecified atom stereocenters. The van der Waals surface area contributed by atoms with Crippen LogP contribution in [0.25, 0.3) is 0 Å². The predicted molar refractivity (Wildman–Crippen MR) is 175 cm³/mol. The first kappa shape index (κ1) is 34.3. The molecular weight excluding hydrogens is 621 g/mol. The van der Waals surface area contributed by atoms with E-state index in [9.17, 15) is 29.3 Å². The van der Waals surface area contributed by atoms with Crippen molar-refractivity contribution in [3.05, 3.63) is 95.3 Å². The molecule has 2 saturated heterocycles. The molecule has 2 fully saturated rings. The number of hydrogen-bond donors (Lipinski definition) is 3. The monoisotopic (exact) mass is 661 g/mol. The summed E-state index contributed by atoms with van der Waals surface area (Å²) >= 11 is 0. The van der Waals surface area contributed by atoms with Crippen LogP contribution in [0.5, 0.6) is 5.75 Å². The van der Waals surface area contributed by atoms with Crippen molar-refractivity contribution in [1.29, 1.82) is 0 Å². The fraction of sp³-hybridized carbons (Fsp3) is 0.389. The quantitative estimate of drug-likeness (QED) is 0.131. The lowest BCUT2D eigenvalue weighted by atomic mass is 9.78. The number of benzene rings is 3. The zero-order chi connectivity index (χ0) is 33.9. The van der Waals surface area contributed by atoms with Gasteiger partial charge in [-0.3, -0.25) is 4.79 Å². The maximum atomic E-state index is 13.6. The molecule has 0 aliphatic carbocycles. The molecule has 11 heteroatoms. The van der Waals surface area contributed by atoms with E-state index in [1.54, 1.807) is 29.2 Å². The molecular formula is C36H40FNO8Si. The maximum Gasteiger partial charge on any atom is 0.337 e. The van der Waals surface area contributed by atoms with Crippen molar-refractivity contribution in [1.82, 2.24) is 0 Å². The van der Waals surface area contributed by atoms with E-state index in [2.05, 4.69) is 35.8 Å². The van der Waals surface area contributed by atoms with E-state index in [-0.39, 0.29) is 24.2 Å². The molecule has 0 spiro atoms. The zero-order valence-electron chi connectivity index (χ0n) is 26.8. The number of esters is 1. The van der Waals surface area contributed by atoms with Gasteiger partial charge in [0.25, 0.3) is 0 Å². The molecule has 3 N–H and O–H groups in total. The number of ether oxygens (including phenoxy) is 3. The van der Waals surface area contributed by atoms with Gasteiger partial charge in [-0.2, -0.15) is 0 Å². The summed E-state index contributed by atoms with van der Waals surface area (Å²) < 4.78 is 29.5. The van der Waals surface area contributed by atoms with Gasteiger partial charge in [-0.25, -0.2) is 9.18 Å². The summed E-state index contributed by atoms with van der Waals surface area (Å²) in [6.45, 7) is 6.53. The number of hydrogen-bond acceptors (Lipinski definition) is 8. The highest BCUT2D eigenvalue weighted by Crippen LogP contribution is 2.46. The van der Waals surface area contributed by atoms with Crippen LogP contribution in [0, 0.1) is 23.2 Å². The van der Waals surface area contributed by atoms with Crippen LogP contribution in [0.4, 0.5) is 10.1 Å². The second-order valence-electron chi connectivity index (χ2n) is 12.9. The summed E-state index contributed by atoms with van der Waals surface area (Å²) in [5.41, 5.74) is 6.38. The first-order valence-corrected chi connectivity index (χ1v) is 19.1. The molecule has 2 aliphatic heterocycles. The lowest BCUT2D eigenvalue weighted by Crippen LogP contribution is -2.55. The van der Waals surface area contributed by atoms with Crippen molar-refractivity contribution in [2.75, 3.05) is 12.0 Å². The van der Waals surface area contributed by atoms with E-state index in [0.717, 1.165) is 23.9 Å². The Balaban J connectivity index is 1.35. The van der Waals surface area contributed by atoms with Gasteiger partial charge in [-0.05, 0) is 72.5 Å². The second kappa shape index (κ2) is 14.4. The first-order chi connectivity index (χ1) is 22.3. The van der Waals surface area contributed by atoms with Gasteiger partial charge in [-0.1, -0.05) is 49.8 Å². The summed E-state index contributed by atoms with van der Waals surface area (Å²) in [5, 5.41) is 31.2. The normalized spacial score (nSPS) is 24.9. The Kier molecular flexibility index (Phi) is 10.5. The summed E-state index contributed by atoms with van der Waals surface area (Å²) in [6, 6.07) is 20.0. The van der Waals surface area contributed by atoms with Crippen LogP contribution < -0.4 is 9.64 Å². The SMILES string of the molecule is COC(=O)[C@H]1O[C@@H](Oc2ccc([C@@H]3C(CC[C@H](O)c4ccc(F)cc4)C(=O)N3c3ccc(C#C[Si](C)(C)C)cc3)cc2)C[C@@H](O)C1O. The largest absolute Gasteiger partial charge is 0.467 e. The van der Waals surface area contributed by atoms with E-state index in [1.807, 2.05) is 36.4 Å². The van der Waals surface area contributed by atoms with E-state index in [4.69, 9.17) is 9.47 Å². The Morgan fingerprint density at radius 3 is 2.32 bits per heavy atom. The van der Waals surface area contributed by atoms with E-state index < -0.39 is 50.7 Å². The smallest absolute Gasteiger partial charge is 0.337 e. The lowest BCUT2D eigenvalue weighted by molar-refractivity contribution is -0.230. The third-order valence-corrected chi connectivity index (χ3v) is 9.18. The Labute approximate surface area is 274 Å². The number of anilines is 1. The summed E-state index contributed by atoms with van der Waals surface area (Å²) in [5.74, 6) is 1.95. The van der Waals surface area contributed by atoms with Gasteiger partial charge >= 0.3 is 5.97 Å². The second-order valence-corrected chi connectivity index (χ2v) is 17.7. The average molecular weight is 662 g/mol. The van der Waals surface area contributed by atoms with Crippen molar-refractivity contribution in [3.63, 3.8) is 0 Å². The third-order valence-electron chi connectivity index (χ3n) is 8.31. The van der Waals surface area contributed by atoms with Crippen LogP contribution >= 0.6 is 0 Å². The van der Waals surface area contributed by atoms with Gasteiger partial charge in [0.15, 0.2) is 6.10 Å². The number of nitrogens with zero attached hydrogens (tertiary/aromatic N) is 1. The number of β-lactam (4-membered cyclic amide) rings is 1. The van der Waals surface area contributed by atoms with Gasteiger partial charge in [0, 0.05) is 17.7 Å². The molecule has 5 rings (SSSR count). The number of methoxy groups -OCH3 is 1. The van der Waals surface area contributed by atoms with Gasteiger partial charge in [0.2, 0.25) is 12.2 Å². The molecule has 47 heavy (non-hydrogen) atoms. The van der Waals surface area contributed by atoms with Gasteiger partial charge in [-0.15, -0.1) is 5.54 Å². The Hall–Kier alpha value is -4.05. The Bertz CT molecular complexity index is 1610. The van der Waals surface area contributed by atoms with Crippen molar-refractivity contribution in [2.45, 2.75) is 75.7 Å². The number of aliphatic hydroxyl groups excluding tert-OH is 3. The molecule has 0 bridgehead atoms. The molecule has 7 atom stereocenters. The fourth-order valence-electron chi connectivity index (χ4n) is 5.77. The number of amides is 1. The maximum absolute atomic E-state index is 13.6. The summed E-state index contributed by atoms with van der Waals surface area (Å²) in [4.78, 5) is 27.4. The predicted octanol–water partition coefficient (Wildman–Crippen LogP) is 4.66. The summed E-state index contributed by atoms with van der Waals surface area (Å²) in [7, 11) is -0.392. The Morgan fingerprint density at radius 2 is 1.70 bits per heavy atom. The van der Waals surface area contributed by atoms with E-state index in [1.165, 1.54) is 12.1 Å². The first-order valence-electron chi connectivity index (χ1n) is 15.6. The molecule has 0 radical (unpaired) electrons.